The summed E-state index contributed by atoms with van der Waals surface area (Å²) in [6.45, 7) is -0.870. The largest absolute Gasteiger partial charge is 0.470 e. The zero-order valence-corrected chi connectivity index (χ0v) is 15.4. The van der Waals surface area contributed by atoms with Crippen LogP contribution in [0.25, 0.3) is 11.2 Å². The third-order valence-corrected chi connectivity index (χ3v) is 4.70. The fraction of sp³-hybridized carbons (Fsp3) is 0.500. The minimum atomic E-state index is -5.13. The molecule has 28 heavy (non-hydrogen) atoms. The molecule has 0 unspecified atom stereocenters. The normalized spacial score (nSPS) is 26.2. The Bertz CT molecular complexity index is 1030. The molecule has 0 aromatic carbocycles. The molecule has 156 valence electrons. The molecule has 1 aliphatic heterocycles. The number of anilines is 1. The minimum absolute atomic E-state index is 0.114. The minimum Gasteiger partial charge on any atom is -0.386 e. The fourth-order valence-electron chi connectivity index (χ4n) is 2.67. The maximum atomic E-state index is 11.8. The van der Waals surface area contributed by atoms with E-state index in [2.05, 4.69) is 24.0 Å². The van der Waals surface area contributed by atoms with Crippen LogP contribution in [0.15, 0.2) is 11.1 Å². The molecular formula is C10H15N5O11P2. The molecule has 1 aliphatic rings. The van der Waals surface area contributed by atoms with Crippen LogP contribution in [0.1, 0.15) is 6.23 Å². The molecule has 1 saturated heterocycles. The number of rotatable bonds is 6. The highest BCUT2D eigenvalue weighted by Crippen LogP contribution is 2.45. The molecule has 0 saturated carbocycles. The standard InChI is InChI=1S/C10H15N5O11P2/c11-10-13-7-4(8(17)14-10)12-2-15(7)9-5(16)6(26-28(21,22)23)3(25-9)1-24-27(18,19)20/h2-3,5-6,9,16H,1H2,(H2,18,19,20)(H2,21,22,23)(H3,11,13,14,17)/t3-,5-,6+,9-/m0/s1. The summed E-state index contributed by atoms with van der Waals surface area (Å²) in [5.74, 6) is -0.267. The van der Waals surface area contributed by atoms with Crippen LogP contribution in [0.2, 0.25) is 0 Å². The number of imidazole rings is 1. The summed E-state index contributed by atoms with van der Waals surface area (Å²) in [5.41, 5.74) is 4.52. The van der Waals surface area contributed by atoms with Crippen molar-refractivity contribution < 1.29 is 47.6 Å². The number of fused-ring (bicyclic) bond motifs is 1. The monoisotopic (exact) mass is 443 g/mol. The van der Waals surface area contributed by atoms with Crippen LogP contribution in [-0.4, -0.2) is 69.1 Å². The number of phosphoric acid groups is 2. The summed E-state index contributed by atoms with van der Waals surface area (Å²) in [5, 5.41) is 10.4. The van der Waals surface area contributed by atoms with Crippen molar-refractivity contribution in [2.24, 2.45) is 0 Å². The highest BCUT2D eigenvalue weighted by atomic mass is 31.2. The van der Waals surface area contributed by atoms with E-state index < -0.39 is 52.4 Å². The first-order chi connectivity index (χ1) is 12.9. The summed E-state index contributed by atoms with van der Waals surface area (Å²) in [7, 11) is -10.1. The number of hydrogen-bond acceptors (Lipinski definition) is 10. The number of aromatic nitrogens is 4. The van der Waals surface area contributed by atoms with Gasteiger partial charge in [-0.05, 0) is 0 Å². The summed E-state index contributed by atoms with van der Waals surface area (Å²) >= 11 is 0. The predicted octanol–water partition coefficient (Wildman–Crippen LogP) is -2.45. The molecule has 2 aromatic heterocycles. The second-order valence-corrected chi connectivity index (χ2v) is 8.11. The Balaban J connectivity index is 1.97. The molecule has 0 spiro atoms. The van der Waals surface area contributed by atoms with Crippen LogP contribution >= 0.6 is 15.6 Å². The first kappa shape index (κ1) is 21.0. The van der Waals surface area contributed by atoms with Gasteiger partial charge in [0.2, 0.25) is 5.95 Å². The second kappa shape index (κ2) is 7.27. The second-order valence-electron chi connectivity index (χ2n) is 5.68. The quantitative estimate of drug-likeness (QED) is 0.229. The van der Waals surface area contributed by atoms with Crippen molar-refractivity contribution >= 4 is 32.8 Å². The van der Waals surface area contributed by atoms with Crippen molar-refractivity contribution in [3.05, 3.63) is 16.7 Å². The van der Waals surface area contributed by atoms with Gasteiger partial charge in [0.05, 0.1) is 12.9 Å². The number of aliphatic hydroxyl groups is 1. The van der Waals surface area contributed by atoms with E-state index in [1.807, 2.05) is 0 Å². The number of nitrogen functional groups attached to an aromatic ring is 1. The number of ether oxygens (including phenoxy) is 1. The zero-order valence-electron chi connectivity index (χ0n) is 13.6. The summed E-state index contributed by atoms with van der Waals surface area (Å²) in [4.78, 5) is 57.4. The Morgan fingerprint density at radius 3 is 2.57 bits per heavy atom. The van der Waals surface area contributed by atoms with Crippen molar-refractivity contribution in [1.82, 2.24) is 19.5 Å². The van der Waals surface area contributed by atoms with Gasteiger partial charge in [0.25, 0.3) is 5.56 Å². The van der Waals surface area contributed by atoms with Gasteiger partial charge in [-0.2, -0.15) is 4.98 Å². The average Bonchev–Trinajstić information content (AvgIpc) is 3.06. The topological polar surface area (TPSA) is 253 Å². The smallest absolute Gasteiger partial charge is 0.386 e. The van der Waals surface area contributed by atoms with Crippen LogP contribution in [0.5, 0.6) is 0 Å². The summed E-state index contributed by atoms with van der Waals surface area (Å²) in [6.07, 6.45) is -5.40. The number of aliphatic hydroxyl groups excluding tert-OH is 1. The van der Waals surface area contributed by atoms with Crippen molar-refractivity contribution in [1.29, 1.82) is 0 Å². The lowest BCUT2D eigenvalue weighted by atomic mass is 10.1. The van der Waals surface area contributed by atoms with E-state index in [0.717, 1.165) is 10.9 Å². The highest BCUT2D eigenvalue weighted by molar-refractivity contribution is 7.46. The first-order valence-corrected chi connectivity index (χ1v) is 10.4. The van der Waals surface area contributed by atoms with E-state index in [1.165, 1.54) is 0 Å². The van der Waals surface area contributed by atoms with Crippen LogP contribution < -0.4 is 11.3 Å². The van der Waals surface area contributed by atoms with Gasteiger partial charge in [0.15, 0.2) is 17.4 Å². The van der Waals surface area contributed by atoms with E-state index in [-0.39, 0.29) is 17.1 Å². The molecule has 0 amide bonds. The van der Waals surface area contributed by atoms with Gasteiger partial charge in [0, 0.05) is 0 Å². The van der Waals surface area contributed by atoms with Gasteiger partial charge in [-0.3, -0.25) is 23.4 Å². The molecule has 2 aromatic rings. The van der Waals surface area contributed by atoms with Gasteiger partial charge in [-0.15, -0.1) is 0 Å². The molecule has 3 rings (SSSR count). The summed E-state index contributed by atoms with van der Waals surface area (Å²) < 4.78 is 37.3. The molecule has 4 atom stereocenters. The Kier molecular flexibility index (Phi) is 5.46. The Labute approximate surface area is 154 Å². The number of H-pyrrole nitrogens is 1. The van der Waals surface area contributed by atoms with E-state index >= 15 is 0 Å². The van der Waals surface area contributed by atoms with Crippen molar-refractivity contribution in [2.45, 2.75) is 24.5 Å². The maximum Gasteiger partial charge on any atom is 0.470 e. The number of nitrogens with one attached hydrogen (secondary N) is 1. The van der Waals surface area contributed by atoms with Crippen molar-refractivity contribution in [3.8, 4) is 0 Å². The van der Waals surface area contributed by atoms with Crippen LogP contribution in [0.3, 0.4) is 0 Å². The van der Waals surface area contributed by atoms with E-state index in [0.29, 0.717) is 0 Å². The average molecular weight is 443 g/mol. The SMILES string of the molecule is Nc1nc2c(ncn2[C@H]2O[C@@H](COP(=O)(O)O)[C@@H](OP(=O)(O)O)[C@@H]2O)c(=O)[nH]1. The third kappa shape index (κ3) is 4.47. The van der Waals surface area contributed by atoms with E-state index in [9.17, 15) is 19.0 Å². The molecule has 16 nitrogen and oxygen atoms in total. The zero-order chi connectivity index (χ0) is 20.9. The molecule has 3 heterocycles. The van der Waals surface area contributed by atoms with Crippen LogP contribution in [0, 0.1) is 0 Å². The van der Waals surface area contributed by atoms with E-state index in [4.69, 9.17) is 30.0 Å². The molecule has 8 N–H and O–H groups in total. The molecule has 0 bridgehead atoms. The number of nitrogens with two attached hydrogens (primary N) is 1. The highest BCUT2D eigenvalue weighted by Gasteiger charge is 2.49. The van der Waals surface area contributed by atoms with Gasteiger partial charge >= 0.3 is 15.6 Å². The fourth-order valence-corrected chi connectivity index (χ4v) is 3.59. The molecule has 0 radical (unpaired) electrons. The van der Waals surface area contributed by atoms with Crippen molar-refractivity contribution in [3.63, 3.8) is 0 Å². The van der Waals surface area contributed by atoms with Gasteiger partial charge in [-0.25, -0.2) is 14.1 Å². The van der Waals surface area contributed by atoms with Crippen LogP contribution in [0.4, 0.5) is 5.95 Å². The number of hydrogen-bond donors (Lipinski definition) is 7. The number of phosphoric ester groups is 2. The van der Waals surface area contributed by atoms with E-state index in [1.54, 1.807) is 0 Å². The number of aromatic amines is 1. The van der Waals surface area contributed by atoms with Crippen molar-refractivity contribution in [2.75, 3.05) is 12.3 Å². The molecule has 0 aliphatic carbocycles. The Morgan fingerprint density at radius 2 is 1.96 bits per heavy atom. The predicted molar refractivity (Wildman–Crippen MR) is 87.4 cm³/mol. The number of nitrogens with zero attached hydrogens (tertiary/aromatic N) is 3. The third-order valence-electron chi connectivity index (χ3n) is 3.70. The van der Waals surface area contributed by atoms with Crippen LogP contribution in [-0.2, 0) is 22.9 Å². The molecule has 1 fully saturated rings. The molecule has 18 heteroatoms. The Morgan fingerprint density at radius 1 is 1.29 bits per heavy atom. The lowest BCUT2D eigenvalue weighted by Gasteiger charge is -2.20. The van der Waals surface area contributed by atoms with Gasteiger partial charge < -0.3 is 35.2 Å². The van der Waals surface area contributed by atoms with Gasteiger partial charge in [-0.1, -0.05) is 0 Å². The lowest BCUT2D eigenvalue weighted by Crippen LogP contribution is -2.35. The van der Waals surface area contributed by atoms with Gasteiger partial charge in [0.1, 0.15) is 18.3 Å². The Hall–Kier alpha value is -1.71. The summed E-state index contributed by atoms with van der Waals surface area (Å²) in [6, 6.07) is 0. The first-order valence-electron chi connectivity index (χ1n) is 7.35. The maximum absolute atomic E-state index is 11.8. The molecular weight excluding hydrogens is 428 g/mol. The lowest BCUT2D eigenvalue weighted by molar-refractivity contribution is -0.0502.